The Balaban J connectivity index is 4.21. The molecular formula is C4H2ClF7O. The molecular weight excluding hydrogens is 232 g/mol. The fraction of sp³-hybridized carbons (Fsp3) is 1.00. The van der Waals surface area contributed by atoms with Crippen LogP contribution in [0.25, 0.3) is 0 Å². The fourth-order valence-corrected chi connectivity index (χ4v) is 0.309. The van der Waals surface area contributed by atoms with Crippen molar-refractivity contribution >= 4 is 11.6 Å². The molecule has 9 heteroatoms. The number of ether oxygens (including phenoxy) is 1. The molecule has 0 fully saturated rings. The maximum Gasteiger partial charge on any atom is 0.482 e. The van der Waals surface area contributed by atoms with Gasteiger partial charge in [-0.2, -0.15) is 30.7 Å². The van der Waals surface area contributed by atoms with E-state index in [9.17, 15) is 30.7 Å². The second-order valence-electron chi connectivity index (χ2n) is 1.92. The van der Waals surface area contributed by atoms with E-state index in [1.807, 2.05) is 0 Å². The summed E-state index contributed by atoms with van der Waals surface area (Å²) in [5.41, 5.74) is 0. The van der Waals surface area contributed by atoms with Crippen molar-refractivity contribution in [1.29, 1.82) is 0 Å². The molecule has 0 atom stereocenters. The second-order valence-corrected chi connectivity index (χ2v) is 2.47. The van der Waals surface area contributed by atoms with Crippen molar-refractivity contribution in [3.63, 3.8) is 0 Å². The van der Waals surface area contributed by atoms with Crippen LogP contribution in [0.2, 0.25) is 0 Å². The summed E-state index contributed by atoms with van der Waals surface area (Å²) >= 11 is 4.03. The molecule has 80 valence electrons. The first-order chi connectivity index (χ1) is 5.46. The highest BCUT2D eigenvalue weighted by atomic mass is 35.5. The van der Waals surface area contributed by atoms with Crippen LogP contribution >= 0.6 is 11.6 Å². The second kappa shape index (κ2) is 3.49. The molecule has 0 bridgehead atoms. The molecule has 0 aromatic rings. The van der Waals surface area contributed by atoms with Gasteiger partial charge in [-0.15, -0.1) is 0 Å². The van der Waals surface area contributed by atoms with Crippen LogP contribution in [0.5, 0.6) is 0 Å². The van der Waals surface area contributed by atoms with E-state index < -0.39 is 24.3 Å². The van der Waals surface area contributed by atoms with Crippen molar-refractivity contribution in [1.82, 2.24) is 0 Å². The Morgan fingerprint density at radius 3 is 1.54 bits per heavy atom. The molecule has 0 heterocycles. The Morgan fingerprint density at radius 1 is 0.923 bits per heavy atom. The SMILES string of the molecule is FC(F)(Cl)COC(F)(F)C(F)(F)F. The largest absolute Gasteiger partial charge is 0.482 e. The molecule has 0 aromatic carbocycles. The lowest BCUT2D eigenvalue weighted by Gasteiger charge is -2.20. The van der Waals surface area contributed by atoms with Crippen molar-refractivity contribution in [3.8, 4) is 0 Å². The van der Waals surface area contributed by atoms with E-state index in [1.165, 1.54) is 0 Å². The van der Waals surface area contributed by atoms with Crippen molar-refractivity contribution in [2.75, 3.05) is 6.61 Å². The summed E-state index contributed by atoms with van der Waals surface area (Å²) in [6.45, 7) is -2.22. The zero-order chi connectivity index (χ0) is 10.9. The average molecular weight is 234 g/mol. The lowest BCUT2D eigenvalue weighted by Crippen LogP contribution is -2.41. The molecule has 0 saturated carbocycles. The van der Waals surface area contributed by atoms with Gasteiger partial charge in [0.15, 0.2) is 0 Å². The van der Waals surface area contributed by atoms with E-state index in [-0.39, 0.29) is 0 Å². The van der Waals surface area contributed by atoms with E-state index in [2.05, 4.69) is 16.3 Å². The molecule has 0 spiro atoms. The van der Waals surface area contributed by atoms with Crippen LogP contribution in [0.3, 0.4) is 0 Å². The molecule has 0 radical (unpaired) electrons. The number of rotatable bonds is 3. The zero-order valence-corrected chi connectivity index (χ0v) is 6.39. The van der Waals surface area contributed by atoms with Crippen molar-refractivity contribution in [2.45, 2.75) is 17.7 Å². The molecule has 0 aliphatic heterocycles. The van der Waals surface area contributed by atoms with Crippen LogP contribution in [0.15, 0.2) is 0 Å². The van der Waals surface area contributed by atoms with Crippen LogP contribution in [0.1, 0.15) is 0 Å². The quantitative estimate of drug-likeness (QED) is 0.539. The third-order valence-electron chi connectivity index (χ3n) is 0.747. The minimum absolute atomic E-state index is 2.22. The molecule has 0 aliphatic carbocycles. The monoisotopic (exact) mass is 234 g/mol. The Morgan fingerprint density at radius 2 is 1.31 bits per heavy atom. The highest BCUT2D eigenvalue weighted by molar-refractivity contribution is 6.21. The maximum atomic E-state index is 11.7. The molecule has 13 heavy (non-hydrogen) atoms. The van der Waals surface area contributed by atoms with Gasteiger partial charge >= 0.3 is 17.7 Å². The van der Waals surface area contributed by atoms with Crippen LogP contribution in [0.4, 0.5) is 30.7 Å². The summed E-state index contributed by atoms with van der Waals surface area (Å²) in [5, 5.41) is -4.26. The Labute approximate surface area is 72.4 Å². The van der Waals surface area contributed by atoms with Gasteiger partial charge in [-0.1, -0.05) is 0 Å². The summed E-state index contributed by atoms with van der Waals surface area (Å²) in [6, 6.07) is 0. The number of hydrogen-bond donors (Lipinski definition) is 0. The smallest absolute Gasteiger partial charge is 0.305 e. The van der Waals surface area contributed by atoms with Crippen LogP contribution in [-0.4, -0.2) is 24.3 Å². The molecule has 0 saturated heterocycles. The van der Waals surface area contributed by atoms with Gasteiger partial charge in [0, 0.05) is 0 Å². The highest BCUT2D eigenvalue weighted by Gasteiger charge is 2.60. The summed E-state index contributed by atoms with van der Waals surface area (Å²) in [7, 11) is 0. The molecule has 0 aromatic heterocycles. The van der Waals surface area contributed by atoms with E-state index >= 15 is 0 Å². The first-order valence-corrected chi connectivity index (χ1v) is 2.99. The molecule has 0 rings (SSSR count). The van der Waals surface area contributed by atoms with E-state index in [4.69, 9.17) is 0 Å². The molecule has 0 amide bonds. The van der Waals surface area contributed by atoms with Crippen LogP contribution < -0.4 is 0 Å². The van der Waals surface area contributed by atoms with Crippen molar-refractivity contribution in [2.24, 2.45) is 0 Å². The fourth-order valence-electron chi connectivity index (χ4n) is 0.254. The summed E-state index contributed by atoms with van der Waals surface area (Å²) in [4.78, 5) is 0. The normalized spacial score (nSPS) is 14.8. The number of alkyl halides is 8. The topological polar surface area (TPSA) is 9.23 Å². The van der Waals surface area contributed by atoms with Gasteiger partial charge in [-0.25, -0.2) is 0 Å². The predicted molar refractivity (Wildman–Crippen MR) is 27.8 cm³/mol. The van der Waals surface area contributed by atoms with Crippen LogP contribution in [-0.2, 0) is 4.74 Å². The van der Waals surface area contributed by atoms with Gasteiger partial charge in [0.1, 0.15) is 6.61 Å². The average Bonchev–Trinajstić information content (AvgIpc) is 1.79. The van der Waals surface area contributed by atoms with Crippen molar-refractivity contribution < 1.29 is 35.5 Å². The van der Waals surface area contributed by atoms with E-state index in [0.29, 0.717) is 0 Å². The first-order valence-electron chi connectivity index (χ1n) is 2.61. The highest BCUT2D eigenvalue weighted by Crippen LogP contribution is 2.37. The van der Waals surface area contributed by atoms with Gasteiger partial charge in [0.05, 0.1) is 0 Å². The van der Waals surface area contributed by atoms with E-state index in [0.717, 1.165) is 0 Å². The summed E-state index contributed by atoms with van der Waals surface area (Å²) < 4.78 is 83.0. The molecule has 1 nitrogen and oxygen atoms in total. The standard InChI is InChI=1S/C4H2ClF7O/c5-2(6,7)1-13-4(11,12)3(8,9)10/h1H2. The third kappa shape index (κ3) is 4.51. The minimum atomic E-state index is -6.03. The Bertz CT molecular complexity index is 170. The van der Waals surface area contributed by atoms with Gasteiger partial charge in [0.2, 0.25) is 0 Å². The lowest BCUT2D eigenvalue weighted by atomic mass is 10.6. The van der Waals surface area contributed by atoms with Gasteiger partial charge < -0.3 is 4.74 Å². The maximum absolute atomic E-state index is 11.7. The van der Waals surface area contributed by atoms with Gasteiger partial charge in [-0.05, 0) is 11.6 Å². The lowest BCUT2D eigenvalue weighted by molar-refractivity contribution is -0.396. The number of hydrogen-bond acceptors (Lipinski definition) is 1. The summed E-state index contributed by atoms with van der Waals surface area (Å²) in [5.74, 6) is 0. The Hall–Kier alpha value is -0.240. The van der Waals surface area contributed by atoms with E-state index in [1.54, 1.807) is 0 Å². The predicted octanol–water partition coefficient (Wildman–Crippen LogP) is 2.99. The van der Waals surface area contributed by atoms with Crippen molar-refractivity contribution in [3.05, 3.63) is 0 Å². The number of halogens is 8. The molecule has 0 unspecified atom stereocenters. The van der Waals surface area contributed by atoms with Crippen LogP contribution in [0, 0.1) is 0 Å². The third-order valence-corrected chi connectivity index (χ3v) is 0.856. The first kappa shape index (κ1) is 12.8. The Kier molecular flexibility index (Phi) is 3.42. The molecule has 0 N–H and O–H groups in total. The van der Waals surface area contributed by atoms with Gasteiger partial charge in [0.25, 0.3) is 0 Å². The molecule has 0 aliphatic rings. The summed E-state index contributed by atoms with van der Waals surface area (Å²) in [6.07, 6.45) is -11.7. The van der Waals surface area contributed by atoms with Gasteiger partial charge in [-0.3, -0.25) is 0 Å². The zero-order valence-electron chi connectivity index (χ0n) is 5.64. The minimum Gasteiger partial charge on any atom is -0.305 e.